The van der Waals surface area contributed by atoms with Gasteiger partial charge in [0.25, 0.3) is 5.91 Å². The number of nitrogens with one attached hydrogen (secondary N) is 1. The van der Waals surface area contributed by atoms with Crippen molar-refractivity contribution in [1.82, 2.24) is 15.5 Å². The number of aromatic nitrogens is 2. The Morgan fingerprint density at radius 2 is 2.12 bits per heavy atom. The molecule has 0 unspecified atom stereocenters. The van der Waals surface area contributed by atoms with Crippen LogP contribution in [0.25, 0.3) is 0 Å². The lowest BCUT2D eigenvalue weighted by molar-refractivity contribution is 0.0915. The van der Waals surface area contributed by atoms with Crippen molar-refractivity contribution < 1.29 is 9.32 Å². The quantitative estimate of drug-likeness (QED) is 0.770. The maximum absolute atomic E-state index is 12.6. The third-order valence-electron chi connectivity index (χ3n) is 5.84. The van der Waals surface area contributed by atoms with Crippen molar-refractivity contribution in [2.75, 3.05) is 0 Å². The van der Waals surface area contributed by atoms with Crippen molar-refractivity contribution in [3.8, 4) is 0 Å². The van der Waals surface area contributed by atoms with Gasteiger partial charge in [0, 0.05) is 16.5 Å². The van der Waals surface area contributed by atoms with Gasteiger partial charge in [-0.05, 0) is 75.1 Å². The van der Waals surface area contributed by atoms with Crippen LogP contribution < -0.4 is 5.32 Å². The molecule has 2 saturated carbocycles. The van der Waals surface area contributed by atoms with Gasteiger partial charge in [-0.1, -0.05) is 11.6 Å². The second-order valence-corrected chi connectivity index (χ2v) is 8.70. The highest BCUT2D eigenvalue weighted by Gasteiger charge is 2.42. The zero-order chi connectivity index (χ0) is 18.1. The Hall–Kier alpha value is -1.82. The number of hydrogen-bond acceptors (Lipinski definition) is 5. The highest BCUT2D eigenvalue weighted by molar-refractivity contribution is 7.98. The van der Waals surface area contributed by atoms with Gasteiger partial charge in [-0.25, -0.2) is 0 Å². The average Bonchev–Trinajstić information content (AvgIpc) is 3.37. The van der Waals surface area contributed by atoms with Crippen LogP contribution in [0.5, 0.6) is 0 Å². The zero-order valence-electron chi connectivity index (χ0n) is 15.3. The molecule has 2 aliphatic rings. The number of fused-ring (bicyclic) bond motifs is 2. The molecule has 2 fully saturated rings. The third kappa shape index (κ3) is 3.80. The number of benzene rings is 1. The molecule has 0 radical (unpaired) electrons. The lowest BCUT2D eigenvalue weighted by Crippen LogP contribution is -2.40. The molecule has 1 heterocycles. The molecule has 2 aliphatic carbocycles. The number of carbonyl (C=O) groups is 1. The van der Waals surface area contributed by atoms with Gasteiger partial charge in [0.1, 0.15) is 0 Å². The maximum atomic E-state index is 12.6. The molecule has 4 rings (SSSR count). The second-order valence-electron chi connectivity index (χ2n) is 7.65. The number of rotatable bonds is 6. The van der Waals surface area contributed by atoms with Gasteiger partial charge in [-0.15, -0.1) is 11.8 Å². The summed E-state index contributed by atoms with van der Waals surface area (Å²) >= 11 is 1.62. The molecule has 0 saturated heterocycles. The summed E-state index contributed by atoms with van der Waals surface area (Å²) in [5.41, 5.74) is 0.720. The first-order chi connectivity index (χ1) is 12.6. The van der Waals surface area contributed by atoms with E-state index in [1.165, 1.54) is 25.7 Å². The van der Waals surface area contributed by atoms with Gasteiger partial charge in [0.15, 0.2) is 5.82 Å². The molecule has 26 heavy (non-hydrogen) atoms. The first kappa shape index (κ1) is 17.6. The summed E-state index contributed by atoms with van der Waals surface area (Å²) < 4.78 is 5.12. The van der Waals surface area contributed by atoms with Crippen LogP contribution in [0.3, 0.4) is 0 Å². The summed E-state index contributed by atoms with van der Waals surface area (Å²) in [6.07, 6.45) is 5.40. The molecule has 0 spiro atoms. The molecule has 5 nitrogen and oxygen atoms in total. The van der Waals surface area contributed by atoms with E-state index in [2.05, 4.69) is 22.4 Å². The van der Waals surface area contributed by atoms with Crippen molar-refractivity contribution >= 4 is 17.7 Å². The predicted octanol–water partition coefficient (Wildman–Crippen LogP) is 4.22. The standard InChI is InChI=1S/C20H25N3O2S/c1-12(18-10-14-3-4-16(18)9-14)21-20(24)15-5-7-17(8-6-15)26-11-19-22-13(2)23-25-19/h5-8,12,14,16,18H,3-4,9-11H2,1-2H3,(H,21,24)/t12-,14+,16+,18+/m1/s1. The normalized spacial score (nSPS) is 25.4. The molecule has 2 aromatic rings. The molecule has 1 N–H and O–H groups in total. The summed E-state index contributed by atoms with van der Waals surface area (Å²) in [6.45, 7) is 3.97. The van der Waals surface area contributed by atoms with E-state index in [0.29, 0.717) is 23.4 Å². The predicted molar refractivity (Wildman–Crippen MR) is 101 cm³/mol. The number of nitrogens with zero attached hydrogens (tertiary/aromatic N) is 2. The van der Waals surface area contributed by atoms with Crippen molar-refractivity contribution in [3.63, 3.8) is 0 Å². The van der Waals surface area contributed by atoms with E-state index in [1.807, 2.05) is 31.2 Å². The Morgan fingerprint density at radius 1 is 1.31 bits per heavy atom. The van der Waals surface area contributed by atoms with E-state index in [-0.39, 0.29) is 11.9 Å². The molecular formula is C20H25N3O2S. The summed E-state index contributed by atoms with van der Waals surface area (Å²) in [5.74, 6) is 4.32. The average molecular weight is 372 g/mol. The first-order valence-corrected chi connectivity index (χ1v) is 10.4. The summed E-state index contributed by atoms with van der Waals surface area (Å²) in [7, 11) is 0. The van der Waals surface area contributed by atoms with Crippen LogP contribution in [-0.2, 0) is 5.75 Å². The minimum Gasteiger partial charge on any atom is -0.349 e. The lowest BCUT2D eigenvalue weighted by atomic mass is 9.84. The second kappa shape index (κ2) is 7.43. The van der Waals surface area contributed by atoms with Crippen molar-refractivity contribution in [1.29, 1.82) is 0 Å². The van der Waals surface area contributed by atoms with E-state index >= 15 is 0 Å². The van der Waals surface area contributed by atoms with Gasteiger partial charge >= 0.3 is 0 Å². The van der Waals surface area contributed by atoms with Crippen molar-refractivity contribution in [2.24, 2.45) is 17.8 Å². The van der Waals surface area contributed by atoms with Crippen LogP contribution in [0.1, 0.15) is 54.7 Å². The molecule has 4 atom stereocenters. The summed E-state index contributed by atoms with van der Waals surface area (Å²) in [5, 5.41) is 7.01. The fraction of sp³-hybridized carbons (Fsp3) is 0.550. The Kier molecular flexibility index (Phi) is 5.02. The fourth-order valence-electron chi connectivity index (χ4n) is 4.55. The van der Waals surface area contributed by atoms with Crippen molar-refractivity contribution in [2.45, 2.75) is 56.2 Å². The van der Waals surface area contributed by atoms with Crippen LogP contribution in [-0.4, -0.2) is 22.1 Å². The van der Waals surface area contributed by atoms with Gasteiger partial charge in [0.05, 0.1) is 5.75 Å². The number of amides is 1. The van der Waals surface area contributed by atoms with Crippen LogP contribution in [0, 0.1) is 24.7 Å². The zero-order valence-corrected chi connectivity index (χ0v) is 16.1. The molecule has 6 heteroatoms. The maximum Gasteiger partial charge on any atom is 0.251 e. The summed E-state index contributed by atoms with van der Waals surface area (Å²) in [4.78, 5) is 17.8. The van der Waals surface area contributed by atoms with Gasteiger partial charge in [-0.3, -0.25) is 4.79 Å². The van der Waals surface area contributed by atoms with Crippen LogP contribution in [0.2, 0.25) is 0 Å². The fourth-order valence-corrected chi connectivity index (χ4v) is 5.29. The smallest absolute Gasteiger partial charge is 0.251 e. The van der Waals surface area contributed by atoms with Crippen molar-refractivity contribution in [3.05, 3.63) is 41.5 Å². The minimum absolute atomic E-state index is 0.0318. The monoisotopic (exact) mass is 371 g/mol. The Bertz CT molecular complexity index is 774. The first-order valence-electron chi connectivity index (χ1n) is 9.41. The molecule has 1 aromatic heterocycles. The highest BCUT2D eigenvalue weighted by atomic mass is 32.2. The molecule has 138 valence electrons. The van der Waals surface area contributed by atoms with Gasteiger partial charge in [-0.2, -0.15) is 4.98 Å². The van der Waals surface area contributed by atoms with Crippen LogP contribution in [0.4, 0.5) is 0 Å². The number of thioether (sulfide) groups is 1. The minimum atomic E-state index is 0.0318. The van der Waals surface area contributed by atoms with Gasteiger partial charge in [0.2, 0.25) is 5.89 Å². The molecular weight excluding hydrogens is 346 g/mol. The molecule has 1 aromatic carbocycles. The number of aryl methyl sites for hydroxylation is 1. The number of carbonyl (C=O) groups excluding carboxylic acids is 1. The largest absolute Gasteiger partial charge is 0.349 e. The number of hydrogen-bond donors (Lipinski definition) is 1. The third-order valence-corrected chi connectivity index (χ3v) is 6.84. The van der Waals surface area contributed by atoms with E-state index in [9.17, 15) is 4.79 Å². The van der Waals surface area contributed by atoms with E-state index in [4.69, 9.17) is 4.52 Å². The molecule has 0 aliphatic heterocycles. The van der Waals surface area contributed by atoms with E-state index < -0.39 is 0 Å². The highest BCUT2D eigenvalue weighted by Crippen LogP contribution is 2.49. The molecule has 1 amide bonds. The van der Waals surface area contributed by atoms with Crippen LogP contribution >= 0.6 is 11.8 Å². The van der Waals surface area contributed by atoms with E-state index in [1.54, 1.807) is 11.8 Å². The van der Waals surface area contributed by atoms with Gasteiger partial charge < -0.3 is 9.84 Å². The topological polar surface area (TPSA) is 68.0 Å². The van der Waals surface area contributed by atoms with Crippen LogP contribution in [0.15, 0.2) is 33.7 Å². The summed E-state index contributed by atoms with van der Waals surface area (Å²) in [6, 6.07) is 8.00. The Labute approximate surface area is 158 Å². The SMILES string of the molecule is Cc1noc(CSc2ccc(C(=O)N[C@H](C)[C@@H]3C[C@H]4CC[C@H]3C4)cc2)n1. The Balaban J connectivity index is 1.30. The lowest BCUT2D eigenvalue weighted by Gasteiger charge is -2.28. The van der Waals surface area contributed by atoms with E-state index in [0.717, 1.165) is 22.3 Å². The molecule has 2 bridgehead atoms. The Morgan fingerprint density at radius 3 is 2.73 bits per heavy atom.